The molecule has 224 valence electrons. The summed E-state index contributed by atoms with van der Waals surface area (Å²) in [6.07, 6.45) is 24.5. The normalized spacial score (nSPS) is 12.3. The summed E-state index contributed by atoms with van der Waals surface area (Å²) in [5.41, 5.74) is 0. The fraction of sp³-hybridized carbons (Fsp3) is 0.333. The third-order valence-electron chi connectivity index (χ3n) is 9.60. The number of allylic oxidation sites excluding steroid dienone is 12. The van der Waals surface area contributed by atoms with E-state index >= 15 is 0 Å². The van der Waals surface area contributed by atoms with Gasteiger partial charge in [-0.25, -0.2) is 0 Å². The molecule has 0 aromatic heterocycles. The van der Waals surface area contributed by atoms with E-state index < -0.39 is 36.5 Å². The largest absolute Gasteiger partial charge is 0.103 e. The Bertz CT molecular complexity index is 705. The van der Waals surface area contributed by atoms with Crippen LogP contribution in [0.25, 0.3) is 0 Å². The Morgan fingerprint density at radius 2 is 0.317 bits per heavy atom. The SMILES string of the molecule is C=CC[Si](CC=C)(CC=C)[Si]([Si](CC=C)(CC=C)CC=C)([Si](CC=C)(CC=C)CC=C)[Si](CC=C)(CC=C)CC=C. The Morgan fingerprint density at radius 3 is 0.390 bits per heavy atom. The number of rotatable bonds is 28. The lowest BCUT2D eigenvalue weighted by molar-refractivity contribution is 1.33. The van der Waals surface area contributed by atoms with Crippen LogP contribution in [0.5, 0.6) is 0 Å². The van der Waals surface area contributed by atoms with E-state index in [1.165, 1.54) is 0 Å². The fourth-order valence-corrected chi connectivity index (χ4v) is 159. The molecule has 0 aliphatic heterocycles. The van der Waals surface area contributed by atoms with Crippen molar-refractivity contribution in [2.75, 3.05) is 0 Å². The highest BCUT2D eigenvalue weighted by Crippen LogP contribution is 2.58. The monoisotopic (exact) mass is 632 g/mol. The fourth-order valence-electron chi connectivity index (χ4n) is 9.53. The molecule has 0 saturated heterocycles. The highest BCUT2D eigenvalue weighted by molar-refractivity contribution is 8.07. The van der Waals surface area contributed by atoms with Crippen LogP contribution in [-0.4, -0.2) is 36.5 Å². The van der Waals surface area contributed by atoms with Gasteiger partial charge >= 0.3 is 0 Å². The molecule has 41 heavy (non-hydrogen) atoms. The minimum Gasteiger partial charge on any atom is -0.103 e. The molecule has 0 radical (unpaired) electrons. The van der Waals surface area contributed by atoms with E-state index in [0.29, 0.717) is 0 Å². The molecular weight excluding hydrogens is 573 g/mol. The first-order valence-corrected chi connectivity index (χ1v) is 31.5. The topological polar surface area (TPSA) is 0 Å². The molecule has 0 N–H and O–H groups in total. The van der Waals surface area contributed by atoms with E-state index in [1.54, 1.807) is 0 Å². The van der Waals surface area contributed by atoms with Gasteiger partial charge in [-0.15, -0.1) is 78.9 Å². The van der Waals surface area contributed by atoms with Crippen LogP contribution in [0.4, 0.5) is 0 Å². The average Bonchev–Trinajstić information content (AvgIpc) is 2.91. The quantitative estimate of drug-likeness (QED) is 0.0594. The maximum atomic E-state index is 4.44. The molecule has 0 saturated carbocycles. The first kappa shape index (κ1) is 39.0. The van der Waals surface area contributed by atoms with Gasteiger partial charge in [0.25, 0.3) is 0 Å². The second-order valence-electron chi connectivity index (χ2n) is 11.8. The van der Waals surface area contributed by atoms with E-state index in [2.05, 4.69) is 152 Å². The van der Waals surface area contributed by atoms with Gasteiger partial charge in [0.2, 0.25) is 0 Å². The number of hydrogen-bond donors (Lipinski definition) is 0. The molecule has 0 aliphatic rings. The molecule has 0 nitrogen and oxygen atoms in total. The lowest BCUT2D eigenvalue weighted by Gasteiger charge is -2.72. The van der Waals surface area contributed by atoms with Crippen LogP contribution in [-0.2, 0) is 0 Å². The van der Waals surface area contributed by atoms with Crippen molar-refractivity contribution in [3.8, 4) is 0 Å². The van der Waals surface area contributed by atoms with Gasteiger partial charge in [-0.2, -0.15) is 0 Å². The summed E-state index contributed by atoms with van der Waals surface area (Å²) in [6, 6.07) is 12.8. The first-order valence-electron chi connectivity index (χ1n) is 15.0. The zero-order chi connectivity index (χ0) is 31.5. The molecule has 0 rings (SSSR count). The summed E-state index contributed by atoms with van der Waals surface area (Å²) in [5.74, 6) is 0. The molecule has 0 aliphatic carbocycles. The van der Waals surface area contributed by atoms with Crippen LogP contribution in [0.2, 0.25) is 72.5 Å². The third-order valence-corrected chi connectivity index (χ3v) is 113. The maximum absolute atomic E-state index is 4.44. The summed E-state index contributed by atoms with van der Waals surface area (Å²) in [7, 11) is -9.11. The van der Waals surface area contributed by atoms with Crippen molar-refractivity contribution in [1.82, 2.24) is 0 Å². The Kier molecular flexibility index (Phi) is 18.3. The molecule has 0 unspecified atom stereocenters. The molecular formula is C36H60Si5. The molecule has 0 atom stereocenters. The zero-order valence-corrected chi connectivity index (χ0v) is 31.4. The van der Waals surface area contributed by atoms with Crippen LogP contribution >= 0.6 is 0 Å². The van der Waals surface area contributed by atoms with Gasteiger partial charge in [-0.05, 0) is 72.5 Å². The lowest BCUT2D eigenvalue weighted by atomic mass is 10.7. The number of hydrogen-bond acceptors (Lipinski definition) is 0. The Morgan fingerprint density at radius 1 is 0.220 bits per heavy atom. The van der Waals surface area contributed by atoms with Crippen LogP contribution < -0.4 is 0 Å². The summed E-state index contributed by atoms with van der Waals surface area (Å²) in [6.45, 7) is 53.2. The van der Waals surface area contributed by atoms with Gasteiger partial charge in [0.1, 0.15) is 0 Å². The minimum absolute atomic E-state index is 1.07. The van der Waals surface area contributed by atoms with Crippen LogP contribution in [0.15, 0.2) is 152 Å². The summed E-state index contributed by atoms with van der Waals surface area (Å²) < 4.78 is 0. The zero-order valence-electron chi connectivity index (χ0n) is 26.4. The predicted octanol–water partition coefficient (Wildman–Crippen LogP) is 11.8. The third kappa shape index (κ3) is 7.31. The highest BCUT2D eigenvalue weighted by atomic mass is 30.2. The molecule has 0 heterocycles. The van der Waals surface area contributed by atoms with E-state index in [1.807, 2.05) is 0 Å². The predicted molar refractivity (Wildman–Crippen MR) is 209 cm³/mol. The minimum atomic E-state index is -2.47. The highest BCUT2D eigenvalue weighted by Gasteiger charge is 2.77. The second kappa shape index (κ2) is 19.2. The molecule has 0 aromatic rings. The molecule has 0 bridgehead atoms. The van der Waals surface area contributed by atoms with E-state index in [4.69, 9.17) is 0 Å². The van der Waals surface area contributed by atoms with Gasteiger partial charge < -0.3 is 0 Å². The van der Waals surface area contributed by atoms with Gasteiger partial charge in [-0.1, -0.05) is 72.9 Å². The lowest BCUT2D eigenvalue weighted by Crippen LogP contribution is -2.97. The van der Waals surface area contributed by atoms with Gasteiger partial charge in [0.15, 0.2) is 0 Å². The van der Waals surface area contributed by atoms with Crippen LogP contribution in [0.3, 0.4) is 0 Å². The first-order chi connectivity index (χ1) is 19.7. The Labute approximate surface area is 259 Å². The molecule has 0 aromatic carbocycles. The van der Waals surface area contributed by atoms with Crippen molar-refractivity contribution < 1.29 is 0 Å². The maximum Gasteiger partial charge on any atom is 0.0517 e. The van der Waals surface area contributed by atoms with Gasteiger partial charge in [0, 0.05) is 6.14 Å². The van der Waals surface area contributed by atoms with E-state index in [-0.39, 0.29) is 0 Å². The smallest absolute Gasteiger partial charge is 0.0517 e. The van der Waals surface area contributed by atoms with Crippen molar-refractivity contribution >= 4 is 36.5 Å². The van der Waals surface area contributed by atoms with E-state index in [0.717, 1.165) is 72.5 Å². The Balaban J connectivity index is 9.70. The summed E-state index contributed by atoms with van der Waals surface area (Å²) in [4.78, 5) is 0. The summed E-state index contributed by atoms with van der Waals surface area (Å²) >= 11 is 0. The van der Waals surface area contributed by atoms with E-state index in [9.17, 15) is 0 Å². The second-order valence-corrected chi connectivity index (χ2v) is 59.2. The van der Waals surface area contributed by atoms with Crippen molar-refractivity contribution in [1.29, 1.82) is 0 Å². The standard InChI is InChI=1S/C36H60Si5/c1-13-25-37(26-14-2,27-15-3)41(38(28-16-4,29-17-5)30-18-6,39(31-19-7,32-20-8)33-21-9)40(34-22-10,35-23-11)36-24-12/h13-24H,1-12,25-36H2. The Hall–Kier alpha value is -2.04. The van der Waals surface area contributed by atoms with Crippen molar-refractivity contribution in [2.24, 2.45) is 0 Å². The van der Waals surface area contributed by atoms with Crippen LogP contribution in [0, 0.1) is 0 Å². The van der Waals surface area contributed by atoms with Gasteiger partial charge in [-0.3, -0.25) is 0 Å². The molecule has 0 spiro atoms. The van der Waals surface area contributed by atoms with Crippen molar-refractivity contribution in [2.45, 2.75) is 72.5 Å². The molecule has 0 amide bonds. The molecule has 0 fully saturated rings. The average molecular weight is 633 g/mol. The van der Waals surface area contributed by atoms with Gasteiger partial charge in [0.05, 0.1) is 30.4 Å². The summed E-state index contributed by atoms with van der Waals surface area (Å²) in [5, 5.41) is 0. The van der Waals surface area contributed by atoms with Crippen molar-refractivity contribution in [3.63, 3.8) is 0 Å². The molecule has 5 heteroatoms. The van der Waals surface area contributed by atoms with Crippen molar-refractivity contribution in [3.05, 3.63) is 152 Å². The van der Waals surface area contributed by atoms with Crippen LogP contribution in [0.1, 0.15) is 0 Å².